The Morgan fingerprint density at radius 2 is 1.14 bits per heavy atom. The quantitative estimate of drug-likeness (QED) is 0.365. The van der Waals surface area contributed by atoms with E-state index < -0.39 is 0 Å². The minimum atomic E-state index is -0.224. The molecule has 0 aliphatic rings. The van der Waals surface area contributed by atoms with E-state index in [9.17, 15) is 0 Å². The molecule has 0 rings (SSSR count). The highest BCUT2D eigenvalue weighted by Crippen LogP contribution is 2.14. The van der Waals surface area contributed by atoms with Crippen molar-refractivity contribution >= 4 is 0 Å². The Kier molecular flexibility index (Phi) is 12.3. The minimum absolute atomic E-state index is 0.224. The molecule has 0 aromatic heterocycles. The summed E-state index contributed by atoms with van der Waals surface area (Å²) in [5, 5.41) is 0. The molecule has 2 atom stereocenters. The zero-order valence-electron chi connectivity index (χ0n) is 13.9. The van der Waals surface area contributed by atoms with Crippen molar-refractivity contribution in [1.82, 2.24) is 0 Å². The van der Waals surface area contributed by atoms with Gasteiger partial charge in [0, 0.05) is 13.2 Å². The Morgan fingerprint density at radius 3 is 1.48 bits per heavy atom. The van der Waals surface area contributed by atoms with Crippen molar-refractivity contribution in [1.29, 1.82) is 0 Å². The largest absolute Gasteiger partial charge is 0.462 e. The Balaban J connectivity index is 3.87. The van der Waals surface area contributed by atoms with Gasteiger partial charge in [-0.15, -0.1) is 0 Å². The van der Waals surface area contributed by atoms with E-state index in [2.05, 4.69) is 13.2 Å². The molecule has 0 N–H and O–H groups in total. The van der Waals surface area contributed by atoms with Crippen LogP contribution < -0.4 is 0 Å². The molecule has 0 saturated carbocycles. The molecule has 0 bridgehead atoms. The summed E-state index contributed by atoms with van der Waals surface area (Å²) in [6.45, 7) is 18.9. The summed E-state index contributed by atoms with van der Waals surface area (Å²) in [5.41, 5.74) is 0. The first-order valence-electron chi connectivity index (χ1n) is 7.47. The van der Waals surface area contributed by atoms with Gasteiger partial charge in [-0.05, 0) is 27.7 Å². The van der Waals surface area contributed by atoms with Gasteiger partial charge in [-0.1, -0.05) is 13.2 Å². The summed E-state index contributed by atoms with van der Waals surface area (Å²) in [6.07, 6.45) is -0.448. The monoisotopic (exact) mass is 302 g/mol. The van der Waals surface area contributed by atoms with E-state index in [1.807, 2.05) is 27.7 Å². The summed E-state index contributed by atoms with van der Waals surface area (Å²) in [4.78, 5) is 0. The Labute approximate surface area is 128 Å². The van der Waals surface area contributed by atoms with Crippen molar-refractivity contribution in [3.05, 3.63) is 24.7 Å². The normalized spacial score (nSPS) is 13.7. The van der Waals surface area contributed by atoms with Crippen LogP contribution >= 0.6 is 0 Å². The molecule has 5 heteroatoms. The van der Waals surface area contributed by atoms with Crippen molar-refractivity contribution in [2.45, 2.75) is 39.9 Å². The lowest BCUT2D eigenvalue weighted by Gasteiger charge is -2.21. The molecular formula is C16H30O5. The van der Waals surface area contributed by atoms with Gasteiger partial charge in [0.05, 0.1) is 26.4 Å². The molecule has 0 fully saturated rings. The van der Waals surface area contributed by atoms with Gasteiger partial charge in [-0.25, -0.2) is 0 Å². The molecule has 0 aromatic carbocycles. The van der Waals surface area contributed by atoms with Crippen LogP contribution in [0, 0.1) is 0 Å². The first-order chi connectivity index (χ1) is 10.0. The molecule has 124 valence electrons. The Morgan fingerprint density at radius 1 is 0.762 bits per heavy atom. The minimum Gasteiger partial charge on any atom is -0.462 e. The van der Waals surface area contributed by atoms with Crippen LogP contribution in [-0.4, -0.2) is 51.8 Å². The summed E-state index contributed by atoms with van der Waals surface area (Å²) in [7, 11) is 0. The third kappa shape index (κ3) is 10.5. The zero-order chi connectivity index (χ0) is 16.1. The second-order valence-electron chi connectivity index (χ2n) is 4.45. The maximum absolute atomic E-state index is 5.57. The fraction of sp³-hybridized carbons (Fsp3) is 0.750. The van der Waals surface area contributed by atoms with Crippen molar-refractivity contribution in [2.75, 3.05) is 39.6 Å². The molecule has 0 aliphatic heterocycles. The van der Waals surface area contributed by atoms with Gasteiger partial charge in [0.1, 0.15) is 23.7 Å². The number of ether oxygens (including phenoxy) is 5. The van der Waals surface area contributed by atoms with E-state index in [0.29, 0.717) is 51.2 Å². The second-order valence-corrected chi connectivity index (χ2v) is 4.45. The number of rotatable bonds is 14. The van der Waals surface area contributed by atoms with Crippen molar-refractivity contribution in [3.63, 3.8) is 0 Å². The average Bonchev–Trinajstić information content (AvgIpc) is 2.47. The van der Waals surface area contributed by atoms with Gasteiger partial charge in [-0.3, -0.25) is 0 Å². The van der Waals surface area contributed by atoms with E-state index in [1.165, 1.54) is 0 Å². The Bertz CT molecular complexity index is 262. The van der Waals surface area contributed by atoms with Crippen LogP contribution in [0.4, 0.5) is 0 Å². The van der Waals surface area contributed by atoms with Crippen LogP contribution in [0.25, 0.3) is 0 Å². The van der Waals surface area contributed by atoms with E-state index in [1.54, 1.807) is 0 Å². The number of hydrogen-bond acceptors (Lipinski definition) is 5. The van der Waals surface area contributed by atoms with Gasteiger partial charge in [-0.2, -0.15) is 0 Å². The van der Waals surface area contributed by atoms with Crippen LogP contribution in [0.5, 0.6) is 0 Å². The first kappa shape index (κ1) is 20.1. The van der Waals surface area contributed by atoms with Gasteiger partial charge >= 0.3 is 0 Å². The number of hydrogen-bond donors (Lipinski definition) is 0. The predicted octanol–water partition coefficient (Wildman–Crippen LogP) is 2.91. The molecule has 21 heavy (non-hydrogen) atoms. The molecule has 2 unspecified atom stereocenters. The van der Waals surface area contributed by atoms with Crippen LogP contribution in [0.2, 0.25) is 0 Å². The molecule has 0 spiro atoms. The predicted molar refractivity (Wildman–Crippen MR) is 83.2 cm³/mol. The second kappa shape index (κ2) is 12.8. The SMILES string of the molecule is C=C(OC(=C)C(C)OCCOCC)C(C)OCCOCC. The van der Waals surface area contributed by atoms with Crippen LogP contribution in [0.15, 0.2) is 24.7 Å². The smallest absolute Gasteiger partial charge is 0.125 e. The lowest BCUT2D eigenvalue weighted by Crippen LogP contribution is -2.20. The molecule has 5 nitrogen and oxygen atoms in total. The summed E-state index contributed by atoms with van der Waals surface area (Å²) in [5.74, 6) is 1.02. The molecule has 0 saturated heterocycles. The average molecular weight is 302 g/mol. The van der Waals surface area contributed by atoms with Crippen molar-refractivity contribution in [2.24, 2.45) is 0 Å². The van der Waals surface area contributed by atoms with E-state index >= 15 is 0 Å². The van der Waals surface area contributed by atoms with Crippen LogP contribution in [-0.2, 0) is 23.7 Å². The highest BCUT2D eigenvalue weighted by molar-refractivity contribution is 5.01. The fourth-order valence-corrected chi connectivity index (χ4v) is 1.38. The first-order valence-corrected chi connectivity index (χ1v) is 7.47. The van der Waals surface area contributed by atoms with Gasteiger partial charge < -0.3 is 23.7 Å². The lowest BCUT2D eigenvalue weighted by atomic mass is 10.3. The molecule has 0 amide bonds. The van der Waals surface area contributed by atoms with E-state index in [-0.39, 0.29) is 12.2 Å². The molecule has 0 radical (unpaired) electrons. The third-order valence-corrected chi connectivity index (χ3v) is 2.77. The van der Waals surface area contributed by atoms with E-state index in [0.717, 1.165) is 0 Å². The molecule has 0 aromatic rings. The van der Waals surface area contributed by atoms with Gasteiger partial charge in [0.15, 0.2) is 0 Å². The summed E-state index contributed by atoms with van der Waals surface area (Å²) in [6, 6.07) is 0. The summed E-state index contributed by atoms with van der Waals surface area (Å²) < 4.78 is 27.1. The van der Waals surface area contributed by atoms with Crippen molar-refractivity contribution in [3.8, 4) is 0 Å². The van der Waals surface area contributed by atoms with Crippen LogP contribution in [0.1, 0.15) is 27.7 Å². The summed E-state index contributed by atoms with van der Waals surface area (Å²) >= 11 is 0. The molecule has 0 heterocycles. The maximum atomic E-state index is 5.57. The topological polar surface area (TPSA) is 46.2 Å². The highest BCUT2D eigenvalue weighted by atomic mass is 16.6. The molecular weight excluding hydrogens is 272 g/mol. The van der Waals surface area contributed by atoms with E-state index in [4.69, 9.17) is 23.7 Å². The van der Waals surface area contributed by atoms with Gasteiger partial charge in [0.2, 0.25) is 0 Å². The molecule has 0 aliphatic carbocycles. The maximum Gasteiger partial charge on any atom is 0.125 e. The van der Waals surface area contributed by atoms with Crippen molar-refractivity contribution < 1.29 is 23.7 Å². The Hall–Kier alpha value is -0.880. The fourth-order valence-electron chi connectivity index (χ4n) is 1.38. The standard InChI is InChI=1S/C16H30O5/c1-7-17-9-11-19-13(3)15(5)21-16(6)14(4)20-12-10-18-8-2/h13-14H,5-12H2,1-4H3. The van der Waals surface area contributed by atoms with Gasteiger partial charge in [0.25, 0.3) is 0 Å². The highest BCUT2D eigenvalue weighted by Gasteiger charge is 2.14. The third-order valence-electron chi connectivity index (χ3n) is 2.77. The van der Waals surface area contributed by atoms with Crippen LogP contribution in [0.3, 0.4) is 0 Å². The zero-order valence-corrected chi connectivity index (χ0v) is 13.9. The lowest BCUT2D eigenvalue weighted by molar-refractivity contribution is -0.00869.